The third-order valence-electron chi connectivity index (χ3n) is 4.56. The highest BCUT2D eigenvalue weighted by Gasteiger charge is 2.24. The molecule has 1 aromatic carbocycles. The van der Waals surface area contributed by atoms with Crippen LogP contribution in [0.5, 0.6) is 11.5 Å². The summed E-state index contributed by atoms with van der Waals surface area (Å²) in [5.41, 5.74) is 0. The number of carboxylic acid groups (broad SMARTS) is 1. The molecular formula is C19H28N2O5. The minimum atomic E-state index is -0.828. The molecule has 0 bridgehead atoms. The van der Waals surface area contributed by atoms with Gasteiger partial charge in [0.05, 0.1) is 13.2 Å². The highest BCUT2D eigenvalue weighted by Crippen LogP contribution is 2.26. The number of likely N-dealkylation sites (tertiary alicyclic amines) is 1. The van der Waals surface area contributed by atoms with Gasteiger partial charge < -0.3 is 19.5 Å². The summed E-state index contributed by atoms with van der Waals surface area (Å²) in [7, 11) is 1.82. The Morgan fingerprint density at radius 1 is 1.19 bits per heavy atom. The molecule has 1 aliphatic rings. The van der Waals surface area contributed by atoms with Crippen molar-refractivity contribution in [2.75, 3.05) is 39.9 Å². The fourth-order valence-electron chi connectivity index (χ4n) is 3.19. The van der Waals surface area contributed by atoms with Gasteiger partial charge in [-0.2, -0.15) is 0 Å². The molecule has 1 amide bonds. The topological polar surface area (TPSA) is 79.3 Å². The zero-order chi connectivity index (χ0) is 18.9. The van der Waals surface area contributed by atoms with Crippen molar-refractivity contribution in [2.24, 2.45) is 0 Å². The fraction of sp³-hybridized carbons (Fsp3) is 0.579. The lowest BCUT2D eigenvalue weighted by molar-refractivity contribution is -0.138. The SMILES string of the molecule is CCOc1ccccc1OCC(=O)N1CCCC(N(C)CC(=O)O)CC1. The molecule has 0 spiro atoms. The van der Waals surface area contributed by atoms with Gasteiger partial charge in [-0.15, -0.1) is 0 Å². The van der Waals surface area contributed by atoms with E-state index in [2.05, 4.69) is 0 Å². The molecule has 1 unspecified atom stereocenters. The summed E-state index contributed by atoms with van der Waals surface area (Å²) in [6.07, 6.45) is 2.52. The minimum Gasteiger partial charge on any atom is -0.490 e. The third kappa shape index (κ3) is 5.91. The molecule has 144 valence electrons. The van der Waals surface area contributed by atoms with Crippen molar-refractivity contribution in [3.05, 3.63) is 24.3 Å². The Morgan fingerprint density at radius 3 is 2.54 bits per heavy atom. The van der Waals surface area contributed by atoms with Crippen LogP contribution >= 0.6 is 0 Å². The minimum absolute atomic E-state index is 0.0237. The Kier molecular flexibility index (Phi) is 7.72. The molecule has 1 saturated heterocycles. The first-order valence-electron chi connectivity index (χ1n) is 9.05. The number of carbonyl (C=O) groups excluding carboxylic acids is 1. The number of carboxylic acids is 1. The first-order valence-corrected chi connectivity index (χ1v) is 9.05. The van der Waals surface area contributed by atoms with Crippen molar-refractivity contribution >= 4 is 11.9 Å². The van der Waals surface area contributed by atoms with Crippen LogP contribution in [0.15, 0.2) is 24.3 Å². The number of para-hydroxylation sites is 2. The van der Waals surface area contributed by atoms with Crippen molar-refractivity contribution in [1.29, 1.82) is 0 Å². The molecule has 7 nitrogen and oxygen atoms in total. The Morgan fingerprint density at radius 2 is 1.88 bits per heavy atom. The number of hydrogen-bond acceptors (Lipinski definition) is 5. The first kappa shape index (κ1) is 20.0. The monoisotopic (exact) mass is 364 g/mol. The summed E-state index contributed by atoms with van der Waals surface area (Å²) in [4.78, 5) is 27.0. The van der Waals surface area contributed by atoms with E-state index in [0.29, 0.717) is 31.2 Å². The normalized spacial score (nSPS) is 17.7. The maximum absolute atomic E-state index is 12.5. The average molecular weight is 364 g/mol. The van der Waals surface area contributed by atoms with Gasteiger partial charge in [-0.3, -0.25) is 14.5 Å². The van der Waals surface area contributed by atoms with Crippen LogP contribution in [0.1, 0.15) is 26.2 Å². The number of ether oxygens (including phenoxy) is 2. The van der Waals surface area contributed by atoms with Crippen molar-refractivity contribution in [1.82, 2.24) is 9.80 Å². The summed E-state index contributed by atoms with van der Waals surface area (Å²) in [5, 5.41) is 8.93. The quantitative estimate of drug-likeness (QED) is 0.759. The lowest BCUT2D eigenvalue weighted by Gasteiger charge is -2.25. The molecule has 1 N–H and O–H groups in total. The number of carbonyl (C=O) groups is 2. The molecule has 0 aromatic heterocycles. The molecular weight excluding hydrogens is 336 g/mol. The van der Waals surface area contributed by atoms with Gasteiger partial charge in [-0.25, -0.2) is 0 Å². The van der Waals surface area contributed by atoms with Gasteiger partial charge in [0.1, 0.15) is 0 Å². The summed E-state index contributed by atoms with van der Waals surface area (Å²) in [6.45, 7) is 3.72. The standard InChI is InChI=1S/C19H28N2O5/c1-3-25-16-8-4-5-9-17(16)26-14-18(22)21-11-6-7-15(10-12-21)20(2)13-19(23)24/h4-5,8-9,15H,3,6-7,10-14H2,1-2H3,(H,23,24). The molecule has 2 rings (SSSR count). The number of aliphatic carboxylic acids is 1. The van der Waals surface area contributed by atoms with Crippen molar-refractivity contribution < 1.29 is 24.2 Å². The number of amides is 1. The van der Waals surface area contributed by atoms with Gasteiger partial charge >= 0.3 is 5.97 Å². The summed E-state index contributed by atoms with van der Waals surface area (Å²) in [6, 6.07) is 7.50. The van der Waals surface area contributed by atoms with Gasteiger partial charge in [0.2, 0.25) is 0 Å². The van der Waals surface area contributed by atoms with Gasteiger partial charge in [-0.1, -0.05) is 12.1 Å². The molecule has 1 heterocycles. The molecule has 0 aliphatic carbocycles. The Hall–Kier alpha value is -2.28. The lowest BCUT2D eigenvalue weighted by Crippen LogP contribution is -2.38. The summed E-state index contributed by atoms with van der Waals surface area (Å²) < 4.78 is 11.2. The predicted octanol–water partition coefficient (Wildman–Crippen LogP) is 1.86. The van der Waals surface area contributed by atoms with E-state index in [9.17, 15) is 9.59 Å². The fourth-order valence-corrected chi connectivity index (χ4v) is 3.19. The summed E-state index contributed by atoms with van der Waals surface area (Å²) >= 11 is 0. The zero-order valence-corrected chi connectivity index (χ0v) is 15.5. The Balaban J connectivity index is 1.86. The van der Waals surface area contributed by atoms with E-state index in [4.69, 9.17) is 14.6 Å². The van der Waals surface area contributed by atoms with Crippen LogP contribution in [0, 0.1) is 0 Å². The van der Waals surface area contributed by atoms with Gasteiger partial charge in [-0.05, 0) is 45.4 Å². The molecule has 7 heteroatoms. The maximum atomic E-state index is 12.5. The second-order valence-electron chi connectivity index (χ2n) is 6.44. The van der Waals surface area contributed by atoms with Crippen LogP contribution in [0.25, 0.3) is 0 Å². The molecule has 1 aromatic rings. The van der Waals surface area contributed by atoms with Crippen molar-refractivity contribution in [2.45, 2.75) is 32.2 Å². The van der Waals surface area contributed by atoms with Crippen LogP contribution in [0.4, 0.5) is 0 Å². The maximum Gasteiger partial charge on any atom is 0.317 e. The third-order valence-corrected chi connectivity index (χ3v) is 4.56. The first-order chi connectivity index (χ1) is 12.5. The molecule has 0 radical (unpaired) electrons. The van der Waals surface area contributed by atoms with E-state index in [-0.39, 0.29) is 25.1 Å². The van der Waals surface area contributed by atoms with Gasteiger partial charge in [0.25, 0.3) is 5.91 Å². The van der Waals surface area contributed by atoms with E-state index in [0.717, 1.165) is 19.3 Å². The van der Waals surface area contributed by atoms with E-state index >= 15 is 0 Å². The van der Waals surface area contributed by atoms with Crippen LogP contribution in [0.3, 0.4) is 0 Å². The summed E-state index contributed by atoms with van der Waals surface area (Å²) in [5.74, 6) is 0.314. The Bertz CT molecular complexity index is 607. The van der Waals surface area contributed by atoms with Crippen LogP contribution in [0.2, 0.25) is 0 Å². The van der Waals surface area contributed by atoms with Crippen LogP contribution < -0.4 is 9.47 Å². The van der Waals surface area contributed by atoms with E-state index in [1.54, 1.807) is 11.0 Å². The van der Waals surface area contributed by atoms with Gasteiger partial charge in [0.15, 0.2) is 18.1 Å². The van der Waals surface area contributed by atoms with Crippen LogP contribution in [-0.4, -0.2) is 72.7 Å². The number of rotatable bonds is 8. The highest BCUT2D eigenvalue weighted by molar-refractivity contribution is 5.78. The van der Waals surface area contributed by atoms with Crippen LogP contribution in [-0.2, 0) is 9.59 Å². The number of benzene rings is 1. The predicted molar refractivity (Wildman–Crippen MR) is 97.6 cm³/mol. The molecule has 0 saturated carbocycles. The number of nitrogens with zero attached hydrogens (tertiary/aromatic N) is 2. The average Bonchev–Trinajstić information content (AvgIpc) is 2.87. The van der Waals surface area contributed by atoms with Crippen molar-refractivity contribution in [3.63, 3.8) is 0 Å². The van der Waals surface area contributed by atoms with Gasteiger partial charge in [0, 0.05) is 19.1 Å². The lowest BCUT2D eigenvalue weighted by atomic mass is 10.1. The van der Waals surface area contributed by atoms with E-state index in [1.165, 1.54) is 0 Å². The smallest absolute Gasteiger partial charge is 0.317 e. The second-order valence-corrected chi connectivity index (χ2v) is 6.44. The highest BCUT2D eigenvalue weighted by atomic mass is 16.5. The number of likely N-dealkylation sites (N-methyl/N-ethyl adjacent to an activating group) is 1. The molecule has 1 atom stereocenters. The molecule has 1 aliphatic heterocycles. The van der Waals surface area contributed by atoms with Crippen molar-refractivity contribution in [3.8, 4) is 11.5 Å². The molecule has 26 heavy (non-hydrogen) atoms. The van der Waals surface area contributed by atoms with E-state index < -0.39 is 5.97 Å². The zero-order valence-electron chi connectivity index (χ0n) is 15.5. The second kappa shape index (κ2) is 10.0. The molecule has 1 fully saturated rings. The number of hydrogen-bond donors (Lipinski definition) is 1. The van der Waals surface area contributed by atoms with E-state index in [1.807, 2.05) is 37.1 Å². The largest absolute Gasteiger partial charge is 0.490 e. The Labute approximate surface area is 154 Å².